The summed E-state index contributed by atoms with van der Waals surface area (Å²) in [5.74, 6) is -0.255. The van der Waals surface area contributed by atoms with Crippen LogP contribution in [-0.4, -0.2) is 37.3 Å². The Balaban J connectivity index is 1.69. The minimum absolute atomic E-state index is 0.106. The van der Waals surface area contributed by atoms with Gasteiger partial charge in [0, 0.05) is 17.4 Å². The van der Waals surface area contributed by atoms with Crippen LogP contribution in [0.5, 0.6) is 5.75 Å². The van der Waals surface area contributed by atoms with Crippen molar-refractivity contribution in [1.82, 2.24) is 4.98 Å². The van der Waals surface area contributed by atoms with Gasteiger partial charge in [-0.25, -0.2) is 9.59 Å². The molecule has 3 rings (SSSR count). The largest absolute Gasteiger partial charge is 0.491 e. The van der Waals surface area contributed by atoms with Gasteiger partial charge in [0.25, 0.3) is 0 Å². The van der Waals surface area contributed by atoms with Crippen LogP contribution in [0.1, 0.15) is 15.9 Å². The third-order valence-corrected chi connectivity index (χ3v) is 4.55. The van der Waals surface area contributed by atoms with Gasteiger partial charge in [-0.05, 0) is 35.9 Å². The molecule has 1 aromatic heterocycles. The van der Waals surface area contributed by atoms with Crippen LogP contribution in [-0.2, 0) is 16.1 Å². The van der Waals surface area contributed by atoms with Crippen molar-refractivity contribution in [2.45, 2.75) is 6.61 Å². The van der Waals surface area contributed by atoms with Crippen LogP contribution in [0.25, 0.3) is 0 Å². The molecule has 0 radical (unpaired) electrons. The summed E-state index contributed by atoms with van der Waals surface area (Å²) < 4.78 is 16.0. The number of methoxy groups -OCH3 is 1. The maximum atomic E-state index is 12.8. The van der Waals surface area contributed by atoms with E-state index in [2.05, 4.69) is 4.98 Å². The van der Waals surface area contributed by atoms with Crippen molar-refractivity contribution in [3.63, 3.8) is 0 Å². The molecule has 31 heavy (non-hydrogen) atoms. The monoisotopic (exact) mass is 440 g/mol. The Morgan fingerprint density at radius 1 is 1.03 bits per heavy atom. The highest BCUT2D eigenvalue weighted by Gasteiger charge is 2.19. The molecule has 0 atom stereocenters. The molecule has 8 heteroatoms. The number of rotatable bonds is 8. The van der Waals surface area contributed by atoms with E-state index in [1.807, 2.05) is 30.3 Å². The van der Waals surface area contributed by atoms with Crippen LogP contribution in [0.2, 0.25) is 5.02 Å². The minimum atomic E-state index is -0.564. The Morgan fingerprint density at radius 2 is 1.77 bits per heavy atom. The fourth-order valence-electron chi connectivity index (χ4n) is 2.79. The molecule has 0 bridgehead atoms. The Bertz CT molecular complexity index is 1010. The van der Waals surface area contributed by atoms with Gasteiger partial charge >= 0.3 is 12.1 Å². The van der Waals surface area contributed by atoms with Gasteiger partial charge in [-0.15, -0.1) is 0 Å². The molecular formula is C23H21ClN2O5. The Morgan fingerprint density at radius 3 is 2.48 bits per heavy atom. The van der Waals surface area contributed by atoms with E-state index in [1.54, 1.807) is 36.7 Å². The van der Waals surface area contributed by atoms with E-state index in [0.29, 0.717) is 16.5 Å². The van der Waals surface area contributed by atoms with E-state index >= 15 is 0 Å². The molecule has 0 aliphatic heterocycles. The van der Waals surface area contributed by atoms with Crippen molar-refractivity contribution in [1.29, 1.82) is 0 Å². The Kier molecular flexibility index (Phi) is 7.84. The number of hydrogen-bond acceptors (Lipinski definition) is 6. The molecule has 1 amide bonds. The van der Waals surface area contributed by atoms with Crippen LogP contribution in [0.4, 0.5) is 10.5 Å². The minimum Gasteiger partial charge on any atom is -0.491 e. The highest BCUT2D eigenvalue weighted by Crippen LogP contribution is 2.24. The second kappa shape index (κ2) is 11.0. The summed E-state index contributed by atoms with van der Waals surface area (Å²) in [6, 6.07) is 17.5. The topological polar surface area (TPSA) is 78.0 Å². The summed E-state index contributed by atoms with van der Waals surface area (Å²) >= 11 is 5.97. The molecular weight excluding hydrogens is 420 g/mol. The SMILES string of the molecule is COC(=O)c1cc(Cl)ccc1OCCN(C(=O)OCc1ccccc1)c1ccncc1. The smallest absolute Gasteiger partial charge is 0.414 e. The number of benzene rings is 2. The third kappa shape index (κ3) is 6.20. The highest BCUT2D eigenvalue weighted by atomic mass is 35.5. The molecule has 0 unspecified atom stereocenters. The average Bonchev–Trinajstić information content (AvgIpc) is 2.81. The zero-order valence-corrected chi connectivity index (χ0v) is 17.6. The first-order chi connectivity index (χ1) is 15.1. The van der Waals surface area contributed by atoms with E-state index in [0.717, 1.165) is 5.56 Å². The van der Waals surface area contributed by atoms with E-state index < -0.39 is 12.1 Å². The van der Waals surface area contributed by atoms with Crippen LogP contribution < -0.4 is 9.64 Å². The normalized spacial score (nSPS) is 10.3. The second-order valence-corrected chi connectivity index (χ2v) is 6.81. The van der Waals surface area contributed by atoms with Crippen molar-refractivity contribution < 1.29 is 23.8 Å². The first-order valence-corrected chi connectivity index (χ1v) is 9.85. The second-order valence-electron chi connectivity index (χ2n) is 6.38. The zero-order chi connectivity index (χ0) is 22.1. The molecule has 0 spiro atoms. The number of nitrogens with zero attached hydrogens (tertiary/aromatic N) is 2. The molecule has 0 aliphatic rings. The lowest BCUT2D eigenvalue weighted by molar-refractivity contribution is 0.0596. The molecule has 0 aliphatic carbocycles. The van der Waals surface area contributed by atoms with Gasteiger partial charge in [0.05, 0.1) is 19.3 Å². The Hall–Kier alpha value is -3.58. The first kappa shape index (κ1) is 22.1. The summed E-state index contributed by atoms with van der Waals surface area (Å²) in [4.78, 5) is 30.2. The average molecular weight is 441 g/mol. The summed E-state index contributed by atoms with van der Waals surface area (Å²) in [7, 11) is 1.28. The molecule has 0 fully saturated rings. The van der Waals surface area contributed by atoms with Gasteiger partial charge in [0.1, 0.15) is 24.5 Å². The van der Waals surface area contributed by atoms with Gasteiger partial charge in [0.15, 0.2) is 0 Å². The number of ether oxygens (including phenoxy) is 3. The maximum Gasteiger partial charge on any atom is 0.414 e. The van der Waals surface area contributed by atoms with Crippen molar-refractivity contribution in [3.8, 4) is 5.75 Å². The van der Waals surface area contributed by atoms with E-state index in [9.17, 15) is 9.59 Å². The lowest BCUT2D eigenvalue weighted by Crippen LogP contribution is -2.35. The summed E-state index contributed by atoms with van der Waals surface area (Å²) in [5.41, 5.74) is 1.70. The number of halogens is 1. The van der Waals surface area contributed by atoms with Crippen LogP contribution >= 0.6 is 11.6 Å². The molecule has 0 N–H and O–H groups in total. The van der Waals surface area contributed by atoms with Crippen molar-refractivity contribution in [2.24, 2.45) is 0 Å². The number of carbonyl (C=O) groups is 2. The quantitative estimate of drug-likeness (QED) is 0.470. The zero-order valence-electron chi connectivity index (χ0n) is 16.9. The van der Waals surface area contributed by atoms with Crippen LogP contribution in [0.15, 0.2) is 73.1 Å². The lowest BCUT2D eigenvalue weighted by Gasteiger charge is -2.22. The van der Waals surface area contributed by atoms with E-state index in [-0.39, 0.29) is 25.3 Å². The van der Waals surface area contributed by atoms with Crippen molar-refractivity contribution in [3.05, 3.63) is 89.2 Å². The molecule has 0 saturated heterocycles. The molecule has 160 valence electrons. The fraction of sp³-hybridized carbons (Fsp3) is 0.174. The number of anilines is 1. The first-order valence-electron chi connectivity index (χ1n) is 9.47. The van der Waals surface area contributed by atoms with Gasteiger partial charge in [-0.3, -0.25) is 9.88 Å². The highest BCUT2D eigenvalue weighted by molar-refractivity contribution is 6.31. The molecule has 3 aromatic rings. The summed E-state index contributed by atoms with van der Waals surface area (Å²) in [6.45, 7) is 0.432. The molecule has 2 aromatic carbocycles. The number of pyridine rings is 1. The number of aromatic nitrogens is 1. The number of hydrogen-bond donors (Lipinski definition) is 0. The van der Waals surface area contributed by atoms with Crippen molar-refractivity contribution >= 4 is 29.4 Å². The van der Waals surface area contributed by atoms with E-state index in [1.165, 1.54) is 18.1 Å². The summed E-state index contributed by atoms with van der Waals surface area (Å²) in [5, 5.41) is 0.385. The fourth-order valence-corrected chi connectivity index (χ4v) is 2.96. The molecule has 0 saturated carbocycles. The maximum absolute atomic E-state index is 12.8. The van der Waals surface area contributed by atoms with Crippen molar-refractivity contribution in [2.75, 3.05) is 25.2 Å². The van der Waals surface area contributed by atoms with Gasteiger partial charge in [0.2, 0.25) is 0 Å². The van der Waals surface area contributed by atoms with Crippen LogP contribution in [0, 0.1) is 0 Å². The number of esters is 1. The van der Waals surface area contributed by atoms with Crippen LogP contribution in [0.3, 0.4) is 0 Å². The van der Waals surface area contributed by atoms with Gasteiger partial charge < -0.3 is 14.2 Å². The molecule has 7 nitrogen and oxygen atoms in total. The standard InChI is InChI=1S/C23H21ClN2O5/c1-29-22(27)20-15-18(24)7-8-21(20)30-14-13-26(19-9-11-25-12-10-19)23(28)31-16-17-5-3-2-4-6-17/h2-12,15H,13-14,16H2,1H3. The van der Waals surface area contributed by atoms with Gasteiger partial charge in [-0.1, -0.05) is 41.9 Å². The predicted molar refractivity (Wildman–Crippen MR) is 116 cm³/mol. The number of amides is 1. The van der Waals surface area contributed by atoms with Gasteiger partial charge in [-0.2, -0.15) is 0 Å². The van der Waals surface area contributed by atoms with E-state index in [4.69, 9.17) is 25.8 Å². The third-order valence-electron chi connectivity index (χ3n) is 4.32. The summed E-state index contributed by atoms with van der Waals surface area (Å²) in [6.07, 6.45) is 2.65. The molecule has 1 heterocycles. The predicted octanol–water partition coefficient (Wildman–Crippen LogP) is 4.74. The Labute approximate surface area is 185 Å². The lowest BCUT2D eigenvalue weighted by atomic mass is 10.2. The number of carbonyl (C=O) groups excluding carboxylic acids is 2.